The molecule has 2 aromatic rings. The first-order chi connectivity index (χ1) is 9.74. The molecule has 0 aliphatic carbocycles. The maximum atomic E-state index is 12.0. The fourth-order valence-corrected chi connectivity index (χ4v) is 1.89. The molecule has 100 valence electrons. The molecular weight excluding hydrogens is 252 g/mol. The Bertz CT molecular complexity index is 660. The molecule has 2 rings (SSSR count). The Balaban J connectivity index is 2.07. The molecule has 0 fully saturated rings. The summed E-state index contributed by atoms with van der Waals surface area (Å²) < 4.78 is 0. The van der Waals surface area contributed by atoms with Crippen LogP contribution in [0, 0.1) is 11.3 Å². The van der Waals surface area contributed by atoms with Crippen molar-refractivity contribution in [2.75, 3.05) is 0 Å². The van der Waals surface area contributed by atoms with Crippen LogP contribution in [0.4, 0.5) is 0 Å². The van der Waals surface area contributed by atoms with Crippen molar-refractivity contribution in [1.82, 2.24) is 5.32 Å². The van der Waals surface area contributed by atoms with E-state index in [1.54, 1.807) is 24.3 Å². The number of carbonyl (C=O) groups excluding carboxylic acids is 1. The number of carbonyl (C=O) groups is 1. The van der Waals surface area contributed by atoms with Gasteiger partial charge in [-0.15, -0.1) is 0 Å². The zero-order chi connectivity index (χ0) is 14.4. The lowest BCUT2D eigenvalue weighted by molar-refractivity contribution is 0.0950. The van der Waals surface area contributed by atoms with Crippen LogP contribution in [-0.4, -0.2) is 11.0 Å². The van der Waals surface area contributed by atoms with Gasteiger partial charge in [0.1, 0.15) is 0 Å². The van der Waals surface area contributed by atoms with E-state index in [0.29, 0.717) is 17.7 Å². The zero-order valence-electron chi connectivity index (χ0n) is 10.8. The van der Waals surface area contributed by atoms with E-state index in [4.69, 9.17) is 5.26 Å². The molecule has 0 aliphatic heterocycles. The van der Waals surface area contributed by atoms with Crippen LogP contribution in [0.3, 0.4) is 0 Å². The fourth-order valence-electron chi connectivity index (χ4n) is 1.89. The molecule has 2 aromatic carbocycles. The number of nitrogens with zero attached hydrogens (tertiary/aromatic N) is 1. The summed E-state index contributed by atoms with van der Waals surface area (Å²) in [5, 5.41) is 20.8. The zero-order valence-corrected chi connectivity index (χ0v) is 10.8. The molecular formula is C16H14N2O2. The van der Waals surface area contributed by atoms with E-state index in [1.807, 2.05) is 30.3 Å². The molecule has 0 atom stereocenters. The summed E-state index contributed by atoms with van der Waals surface area (Å²) >= 11 is 0. The van der Waals surface area contributed by atoms with Crippen LogP contribution in [0.15, 0.2) is 48.5 Å². The Morgan fingerprint density at radius 3 is 2.60 bits per heavy atom. The molecule has 0 saturated carbocycles. The summed E-state index contributed by atoms with van der Waals surface area (Å²) in [5.41, 5.74) is 2.57. The summed E-state index contributed by atoms with van der Waals surface area (Å²) in [4.78, 5) is 12.0. The van der Waals surface area contributed by atoms with Crippen LogP contribution in [-0.2, 0) is 13.2 Å². The molecule has 0 aromatic heterocycles. The molecule has 0 heterocycles. The number of aliphatic hydroxyl groups excluding tert-OH is 1. The quantitative estimate of drug-likeness (QED) is 0.888. The van der Waals surface area contributed by atoms with Gasteiger partial charge in [-0.25, -0.2) is 0 Å². The molecule has 20 heavy (non-hydrogen) atoms. The monoisotopic (exact) mass is 266 g/mol. The van der Waals surface area contributed by atoms with Crippen molar-refractivity contribution in [2.24, 2.45) is 0 Å². The predicted octanol–water partition coefficient (Wildman–Crippen LogP) is 1.98. The smallest absolute Gasteiger partial charge is 0.251 e. The third kappa shape index (κ3) is 3.22. The number of benzene rings is 2. The average molecular weight is 266 g/mol. The van der Waals surface area contributed by atoms with Gasteiger partial charge in [0.05, 0.1) is 18.2 Å². The lowest BCUT2D eigenvalue weighted by Gasteiger charge is -2.09. The molecule has 4 heteroatoms. The second-order valence-electron chi connectivity index (χ2n) is 4.30. The van der Waals surface area contributed by atoms with Gasteiger partial charge >= 0.3 is 0 Å². The van der Waals surface area contributed by atoms with Gasteiger partial charge in [-0.3, -0.25) is 4.79 Å². The molecule has 0 spiro atoms. The third-order valence-electron chi connectivity index (χ3n) is 2.98. The summed E-state index contributed by atoms with van der Waals surface area (Å²) in [6.45, 7) is 0.280. The molecule has 0 aliphatic rings. The number of amides is 1. The number of rotatable bonds is 4. The van der Waals surface area contributed by atoms with Crippen molar-refractivity contribution >= 4 is 5.91 Å². The van der Waals surface area contributed by atoms with Crippen LogP contribution in [0.5, 0.6) is 0 Å². The van der Waals surface area contributed by atoms with Gasteiger partial charge in [0.25, 0.3) is 5.91 Å². The van der Waals surface area contributed by atoms with E-state index in [0.717, 1.165) is 11.1 Å². The lowest BCUT2D eigenvalue weighted by atomic mass is 10.1. The summed E-state index contributed by atoms with van der Waals surface area (Å²) in [6.07, 6.45) is 0. The minimum atomic E-state index is -0.241. The Hall–Kier alpha value is -2.64. The Labute approximate surface area is 117 Å². The molecule has 0 bridgehead atoms. The first-order valence-electron chi connectivity index (χ1n) is 6.20. The molecule has 0 saturated heterocycles. The number of hydrogen-bond donors (Lipinski definition) is 2. The summed E-state index contributed by atoms with van der Waals surface area (Å²) in [6, 6.07) is 15.9. The minimum absolute atomic E-state index is 0.0596. The van der Waals surface area contributed by atoms with Crippen molar-refractivity contribution in [3.8, 4) is 6.07 Å². The number of nitrogens with one attached hydrogen (secondary N) is 1. The number of hydrogen-bond acceptors (Lipinski definition) is 3. The number of nitriles is 1. The minimum Gasteiger partial charge on any atom is -0.392 e. The molecule has 0 unspecified atom stereocenters. The van der Waals surface area contributed by atoms with Crippen LogP contribution < -0.4 is 5.32 Å². The van der Waals surface area contributed by atoms with Crippen LogP contribution >= 0.6 is 0 Å². The summed E-state index contributed by atoms with van der Waals surface area (Å²) in [7, 11) is 0. The van der Waals surface area contributed by atoms with Crippen molar-refractivity contribution in [2.45, 2.75) is 13.2 Å². The Morgan fingerprint density at radius 1 is 1.15 bits per heavy atom. The molecule has 4 nitrogen and oxygen atoms in total. The topological polar surface area (TPSA) is 73.1 Å². The van der Waals surface area contributed by atoms with Gasteiger partial charge in [-0.1, -0.05) is 30.3 Å². The standard InChI is InChI=1S/C16H14N2O2/c17-9-12-4-3-7-13(8-12)16(20)18-10-14-5-1-2-6-15(14)11-19/h1-8,19H,10-11H2,(H,18,20). The highest BCUT2D eigenvalue weighted by Gasteiger charge is 2.07. The van der Waals surface area contributed by atoms with Crippen molar-refractivity contribution < 1.29 is 9.90 Å². The van der Waals surface area contributed by atoms with E-state index in [9.17, 15) is 9.90 Å². The maximum absolute atomic E-state index is 12.0. The van der Waals surface area contributed by atoms with E-state index >= 15 is 0 Å². The van der Waals surface area contributed by atoms with Crippen LogP contribution in [0.2, 0.25) is 0 Å². The maximum Gasteiger partial charge on any atom is 0.251 e. The Kier molecular flexibility index (Phi) is 4.48. The highest BCUT2D eigenvalue weighted by atomic mass is 16.3. The largest absolute Gasteiger partial charge is 0.392 e. The van der Waals surface area contributed by atoms with E-state index in [2.05, 4.69) is 5.32 Å². The van der Waals surface area contributed by atoms with E-state index < -0.39 is 0 Å². The normalized spacial score (nSPS) is 9.80. The fraction of sp³-hybridized carbons (Fsp3) is 0.125. The summed E-state index contributed by atoms with van der Waals surface area (Å²) in [5.74, 6) is -0.241. The molecule has 0 radical (unpaired) electrons. The first kappa shape index (κ1) is 13.8. The van der Waals surface area contributed by atoms with Gasteiger partial charge in [-0.2, -0.15) is 5.26 Å². The number of aliphatic hydroxyl groups is 1. The van der Waals surface area contributed by atoms with Crippen LogP contribution in [0.25, 0.3) is 0 Å². The van der Waals surface area contributed by atoms with Crippen molar-refractivity contribution in [1.29, 1.82) is 5.26 Å². The third-order valence-corrected chi connectivity index (χ3v) is 2.98. The highest BCUT2D eigenvalue weighted by Crippen LogP contribution is 2.09. The first-order valence-corrected chi connectivity index (χ1v) is 6.20. The average Bonchev–Trinajstić information content (AvgIpc) is 2.52. The van der Waals surface area contributed by atoms with Crippen molar-refractivity contribution in [3.63, 3.8) is 0 Å². The van der Waals surface area contributed by atoms with Crippen LogP contribution in [0.1, 0.15) is 27.0 Å². The highest BCUT2D eigenvalue weighted by molar-refractivity contribution is 5.94. The van der Waals surface area contributed by atoms with Gasteiger partial charge < -0.3 is 10.4 Å². The molecule has 2 N–H and O–H groups in total. The van der Waals surface area contributed by atoms with Gasteiger partial charge in [0.15, 0.2) is 0 Å². The predicted molar refractivity (Wildman–Crippen MR) is 74.7 cm³/mol. The second-order valence-corrected chi connectivity index (χ2v) is 4.30. The van der Waals surface area contributed by atoms with E-state index in [-0.39, 0.29) is 12.5 Å². The van der Waals surface area contributed by atoms with Crippen molar-refractivity contribution in [3.05, 3.63) is 70.8 Å². The lowest BCUT2D eigenvalue weighted by Crippen LogP contribution is -2.23. The Morgan fingerprint density at radius 2 is 1.90 bits per heavy atom. The van der Waals surface area contributed by atoms with E-state index in [1.165, 1.54) is 0 Å². The van der Waals surface area contributed by atoms with Gasteiger partial charge in [0.2, 0.25) is 0 Å². The molecule has 1 amide bonds. The van der Waals surface area contributed by atoms with Gasteiger partial charge in [-0.05, 0) is 29.3 Å². The van der Waals surface area contributed by atoms with Gasteiger partial charge in [0, 0.05) is 12.1 Å². The second kappa shape index (κ2) is 6.50. The SMILES string of the molecule is N#Cc1cccc(C(=O)NCc2ccccc2CO)c1.